The van der Waals surface area contributed by atoms with Gasteiger partial charge in [-0.15, -0.1) is 0 Å². The SMILES string of the molecule is NC(=O)CC(O)C(O)c1ccc(-n2cc[nH]c2=S)cc1. The lowest BCUT2D eigenvalue weighted by molar-refractivity contribution is -0.121. The molecule has 6 nitrogen and oxygen atoms in total. The fourth-order valence-electron chi connectivity index (χ4n) is 1.90. The van der Waals surface area contributed by atoms with Gasteiger partial charge in [-0.1, -0.05) is 12.1 Å². The number of rotatable bonds is 5. The standard InChI is InChI=1S/C13H15N3O3S/c14-11(18)7-10(17)12(19)8-1-3-9(4-2-8)16-6-5-15-13(16)20/h1-6,10,12,17,19H,7H2,(H2,14,18)(H,15,20). The molecule has 0 fully saturated rings. The van der Waals surface area contributed by atoms with Crippen molar-refractivity contribution < 1.29 is 15.0 Å². The van der Waals surface area contributed by atoms with Gasteiger partial charge in [0.2, 0.25) is 5.91 Å². The highest BCUT2D eigenvalue weighted by molar-refractivity contribution is 7.71. The molecule has 1 amide bonds. The van der Waals surface area contributed by atoms with Gasteiger partial charge in [-0.2, -0.15) is 0 Å². The Balaban J connectivity index is 2.18. The molecule has 0 radical (unpaired) electrons. The number of nitrogens with two attached hydrogens (primary N) is 1. The number of aliphatic hydroxyl groups excluding tert-OH is 2. The number of nitrogens with one attached hydrogen (secondary N) is 1. The first-order valence-electron chi connectivity index (χ1n) is 6.00. The molecule has 1 aromatic heterocycles. The molecule has 106 valence electrons. The van der Waals surface area contributed by atoms with Gasteiger partial charge >= 0.3 is 0 Å². The van der Waals surface area contributed by atoms with Crippen LogP contribution in [0.2, 0.25) is 0 Å². The molecule has 0 aliphatic rings. The zero-order chi connectivity index (χ0) is 14.7. The van der Waals surface area contributed by atoms with Gasteiger partial charge in [-0.3, -0.25) is 9.36 Å². The topological polar surface area (TPSA) is 104 Å². The third kappa shape index (κ3) is 3.13. The Kier molecular flexibility index (Phi) is 4.33. The minimum atomic E-state index is -1.22. The maximum absolute atomic E-state index is 10.7. The predicted molar refractivity (Wildman–Crippen MR) is 75.7 cm³/mol. The van der Waals surface area contributed by atoms with Gasteiger partial charge in [-0.25, -0.2) is 0 Å². The van der Waals surface area contributed by atoms with E-state index >= 15 is 0 Å². The molecule has 20 heavy (non-hydrogen) atoms. The smallest absolute Gasteiger partial charge is 0.220 e. The third-order valence-electron chi connectivity index (χ3n) is 2.94. The van der Waals surface area contributed by atoms with Gasteiger partial charge in [0, 0.05) is 18.1 Å². The Morgan fingerprint density at radius 2 is 2.00 bits per heavy atom. The number of aliphatic hydroxyl groups is 2. The monoisotopic (exact) mass is 293 g/mol. The van der Waals surface area contributed by atoms with Gasteiger partial charge < -0.3 is 20.9 Å². The van der Waals surface area contributed by atoms with Crippen LogP contribution in [0.15, 0.2) is 36.7 Å². The second kappa shape index (κ2) is 6.00. The molecule has 0 spiro atoms. The molecule has 0 aliphatic carbocycles. The highest BCUT2D eigenvalue weighted by Crippen LogP contribution is 2.20. The summed E-state index contributed by atoms with van der Waals surface area (Å²) < 4.78 is 2.33. The summed E-state index contributed by atoms with van der Waals surface area (Å²) in [5, 5.41) is 19.6. The molecular weight excluding hydrogens is 278 g/mol. The number of hydrogen-bond donors (Lipinski definition) is 4. The van der Waals surface area contributed by atoms with Crippen LogP contribution in [0.3, 0.4) is 0 Å². The molecule has 1 aromatic carbocycles. The summed E-state index contributed by atoms with van der Waals surface area (Å²) in [6.45, 7) is 0. The van der Waals surface area contributed by atoms with Crippen LogP contribution in [-0.4, -0.2) is 31.8 Å². The Morgan fingerprint density at radius 1 is 1.35 bits per heavy atom. The van der Waals surface area contributed by atoms with Crippen LogP contribution in [0.1, 0.15) is 18.1 Å². The average Bonchev–Trinajstić information content (AvgIpc) is 2.83. The number of imidazole rings is 1. The summed E-state index contributed by atoms with van der Waals surface area (Å²) in [7, 11) is 0. The normalized spacial score (nSPS) is 13.9. The summed E-state index contributed by atoms with van der Waals surface area (Å²) in [6, 6.07) is 6.86. The minimum absolute atomic E-state index is 0.286. The molecule has 5 N–H and O–H groups in total. The molecule has 0 saturated heterocycles. The lowest BCUT2D eigenvalue weighted by atomic mass is 10.0. The van der Waals surface area contributed by atoms with Crippen molar-refractivity contribution in [3.05, 3.63) is 47.0 Å². The van der Waals surface area contributed by atoms with Gasteiger partial charge in [-0.05, 0) is 29.9 Å². The predicted octanol–water partition coefficient (Wildman–Crippen LogP) is 0.805. The zero-order valence-corrected chi connectivity index (χ0v) is 11.4. The summed E-state index contributed by atoms with van der Waals surface area (Å²) >= 11 is 5.11. The van der Waals surface area contributed by atoms with Crippen molar-refractivity contribution in [3.63, 3.8) is 0 Å². The Hall–Kier alpha value is -1.96. The number of nitrogens with zero attached hydrogens (tertiary/aromatic N) is 1. The second-order valence-electron chi connectivity index (χ2n) is 4.41. The van der Waals surface area contributed by atoms with Crippen LogP contribution in [0.25, 0.3) is 5.69 Å². The number of carbonyl (C=O) groups excluding carboxylic acids is 1. The van der Waals surface area contributed by atoms with E-state index < -0.39 is 18.1 Å². The zero-order valence-electron chi connectivity index (χ0n) is 10.6. The molecule has 0 bridgehead atoms. The van der Waals surface area contributed by atoms with Crippen LogP contribution in [0.5, 0.6) is 0 Å². The van der Waals surface area contributed by atoms with E-state index in [1.165, 1.54) is 0 Å². The largest absolute Gasteiger partial charge is 0.390 e. The fraction of sp³-hybridized carbons (Fsp3) is 0.231. The van der Waals surface area contributed by atoms with Crippen LogP contribution >= 0.6 is 12.2 Å². The van der Waals surface area contributed by atoms with E-state index in [0.717, 1.165) is 5.69 Å². The Morgan fingerprint density at radius 3 is 2.50 bits per heavy atom. The number of carbonyl (C=O) groups is 1. The maximum atomic E-state index is 10.7. The van der Waals surface area contributed by atoms with Gasteiger partial charge in [0.25, 0.3) is 0 Å². The summed E-state index contributed by atoms with van der Waals surface area (Å²) in [5.41, 5.74) is 6.32. The van der Waals surface area contributed by atoms with Crippen LogP contribution in [-0.2, 0) is 4.79 Å². The number of amides is 1. The number of H-pyrrole nitrogens is 1. The molecule has 2 unspecified atom stereocenters. The quantitative estimate of drug-likeness (QED) is 0.612. The first-order chi connectivity index (χ1) is 9.49. The first kappa shape index (κ1) is 14.4. The number of hydrogen-bond acceptors (Lipinski definition) is 4. The molecule has 1 heterocycles. The lowest BCUT2D eigenvalue weighted by Crippen LogP contribution is -2.25. The molecule has 2 rings (SSSR count). The Labute approximate surface area is 120 Å². The van der Waals surface area contributed by atoms with Crippen molar-refractivity contribution in [2.45, 2.75) is 18.6 Å². The van der Waals surface area contributed by atoms with Crippen molar-refractivity contribution in [1.82, 2.24) is 9.55 Å². The first-order valence-corrected chi connectivity index (χ1v) is 6.40. The van der Waals surface area contributed by atoms with Crippen molar-refractivity contribution in [2.75, 3.05) is 0 Å². The van der Waals surface area contributed by atoms with E-state index in [9.17, 15) is 15.0 Å². The van der Waals surface area contributed by atoms with E-state index in [-0.39, 0.29) is 6.42 Å². The van der Waals surface area contributed by atoms with Crippen molar-refractivity contribution in [1.29, 1.82) is 0 Å². The fourth-order valence-corrected chi connectivity index (χ4v) is 2.13. The maximum Gasteiger partial charge on any atom is 0.220 e. The van der Waals surface area contributed by atoms with E-state index in [0.29, 0.717) is 10.3 Å². The van der Waals surface area contributed by atoms with Gasteiger partial charge in [0.1, 0.15) is 6.10 Å². The molecule has 2 atom stereocenters. The average molecular weight is 293 g/mol. The number of aromatic amines is 1. The molecule has 2 aromatic rings. The third-order valence-corrected chi connectivity index (χ3v) is 3.25. The molecule has 7 heteroatoms. The van der Waals surface area contributed by atoms with Gasteiger partial charge in [0.15, 0.2) is 4.77 Å². The van der Waals surface area contributed by atoms with Crippen LogP contribution in [0, 0.1) is 4.77 Å². The van der Waals surface area contributed by atoms with Crippen LogP contribution < -0.4 is 5.73 Å². The molecule has 0 saturated carbocycles. The number of aromatic nitrogens is 2. The molecule has 0 aliphatic heterocycles. The summed E-state index contributed by atoms with van der Waals surface area (Å²) in [6.07, 6.45) is 0.854. The van der Waals surface area contributed by atoms with Crippen LogP contribution in [0.4, 0.5) is 0 Å². The summed E-state index contributed by atoms with van der Waals surface area (Å²) in [5.74, 6) is -0.660. The van der Waals surface area contributed by atoms with E-state index in [2.05, 4.69) is 4.98 Å². The second-order valence-corrected chi connectivity index (χ2v) is 4.80. The number of benzene rings is 1. The number of primary amides is 1. The highest BCUT2D eigenvalue weighted by atomic mass is 32.1. The highest BCUT2D eigenvalue weighted by Gasteiger charge is 2.20. The summed E-state index contributed by atoms with van der Waals surface area (Å²) in [4.78, 5) is 13.6. The van der Waals surface area contributed by atoms with Gasteiger partial charge in [0.05, 0.1) is 12.5 Å². The van der Waals surface area contributed by atoms with Crippen molar-refractivity contribution in [2.24, 2.45) is 5.73 Å². The van der Waals surface area contributed by atoms with E-state index in [4.69, 9.17) is 18.0 Å². The minimum Gasteiger partial charge on any atom is -0.390 e. The van der Waals surface area contributed by atoms with E-state index in [1.807, 2.05) is 0 Å². The van der Waals surface area contributed by atoms with Crippen molar-refractivity contribution >= 4 is 18.1 Å². The molecular formula is C13H15N3O3S. The Bertz CT molecular complexity index is 647. The van der Waals surface area contributed by atoms with E-state index in [1.54, 1.807) is 41.2 Å². The lowest BCUT2D eigenvalue weighted by Gasteiger charge is -2.17. The van der Waals surface area contributed by atoms with Crippen molar-refractivity contribution in [3.8, 4) is 5.69 Å².